The van der Waals surface area contributed by atoms with E-state index in [4.69, 9.17) is 4.74 Å². The standard InChI is InChI=1S/C17H21N5O2/c1-4-24-14-8-6-5-7-12(14)18-10-15-20-17-19-13(11(2)3)9-16(23)22(17)21-15/h5-9,11,18H,4,10H2,1-3H3,(H,19,20,21). The Balaban J connectivity index is 1.84. The second-order valence-corrected chi connectivity index (χ2v) is 5.76. The van der Waals surface area contributed by atoms with Gasteiger partial charge in [0.15, 0.2) is 0 Å². The number of hydrogen-bond acceptors (Lipinski definition) is 5. The van der Waals surface area contributed by atoms with Crippen LogP contribution in [0.15, 0.2) is 35.1 Å². The van der Waals surface area contributed by atoms with Crippen molar-refractivity contribution in [2.45, 2.75) is 33.2 Å². The molecule has 0 radical (unpaired) electrons. The largest absolute Gasteiger partial charge is 0.492 e. The van der Waals surface area contributed by atoms with Crippen LogP contribution in [0.1, 0.15) is 38.2 Å². The summed E-state index contributed by atoms with van der Waals surface area (Å²) in [6.07, 6.45) is 0. The molecule has 0 saturated carbocycles. The zero-order chi connectivity index (χ0) is 17.1. The number of aromatic amines is 1. The minimum absolute atomic E-state index is 0.155. The molecule has 0 unspecified atom stereocenters. The molecule has 126 valence electrons. The monoisotopic (exact) mass is 327 g/mol. The minimum atomic E-state index is -0.155. The predicted molar refractivity (Wildman–Crippen MR) is 92.6 cm³/mol. The normalized spacial score (nSPS) is 11.2. The molecule has 3 rings (SSSR count). The maximum absolute atomic E-state index is 12.1. The van der Waals surface area contributed by atoms with E-state index in [0.29, 0.717) is 24.8 Å². The lowest BCUT2D eigenvalue weighted by molar-refractivity contribution is 0.341. The number of ether oxygens (including phenoxy) is 1. The summed E-state index contributed by atoms with van der Waals surface area (Å²) in [7, 11) is 0. The van der Waals surface area contributed by atoms with Crippen LogP contribution in [0.5, 0.6) is 5.75 Å². The number of nitrogens with one attached hydrogen (secondary N) is 2. The zero-order valence-corrected chi connectivity index (χ0v) is 14.0. The highest BCUT2D eigenvalue weighted by molar-refractivity contribution is 5.56. The lowest BCUT2D eigenvalue weighted by Gasteiger charge is -2.10. The molecule has 2 heterocycles. The molecule has 0 aliphatic rings. The fourth-order valence-corrected chi connectivity index (χ4v) is 2.39. The fraction of sp³-hybridized carbons (Fsp3) is 0.353. The lowest BCUT2D eigenvalue weighted by Crippen LogP contribution is -2.16. The van der Waals surface area contributed by atoms with Gasteiger partial charge in [0.25, 0.3) is 11.3 Å². The van der Waals surface area contributed by atoms with Crippen LogP contribution in [0.4, 0.5) is 5.69 Å². The summed E-state index contributed by atoms with van der Waals surface area (Å²) in [6, 6.07) is 9.25. The molecule has 2 aromatic heterocycles. The number of aromatic nitrogens is 4. The van der Waals surface area contributed by atoms with Crippen molar-refractivity contribution < 1.29 is 4.74 Å². The first-order chi connectivity index (χ1) is 11.6. The number of nitrogens with zero attached hydrogens (tertiary/aromatic N) is 3. The van der Waals surface area contributed by atoms with E-state index in [9.17, 15) is 4.79 Å². The third-order valence-corrected chi connectivity index (χ3v) is 3.62. The summed E-state index contributed by atoms with van der Waals surface area (Å²) in [5.74, 6) is 1.99. The van der Waals surface area contributed by atoms with E-state index in [1.54, 1.807) is 0 Å². The van der Waals surface area contributed by atoms with Crippen LogP contribution in [0.3, 0.4) is 0 Å². The Morgan fingerprint density at radius 3 is 2.83 bits per heavy atom. The van der Waals surface area contributed by atoms with Crippen molar-refractivity contribution in [2.24, 2.45) is 0 Å². The highest BCUT2D eigenvalue weighted by atomic mass is 16.5. The molecule has 0 aliphatic heterocycles. The summed E-state index contributed by atoms with van der Waals surface area (Å²) >= 11 is 0. The van der Waals surface area contributed by atoms with E-state index in [1.165, 1.54) is 10.6 Å². The predicted octanol–water partition coefficient (Wildman–Crippen LogP) is 2.55. The Hall–Kier alpha value is -2.83. The molecular formula is C17H21N5O2. The van der Waals surface area contributed by atoms with Gasteiger partial charge in [0.05, 0.1) is 24.5 Å². The van der Waals surface area contributed by atoms with Gasteiger partial charge in [0.2, 0.25) is 0 Å². The van der Waals surface area contributed by atoms with Crippen LogP contribution in [0.25, 0.3) is 5.78 Å². The Morgan fingerprint density at radius 2 is 2.08 bits per heavy atom. The molecular weight excluding hydrogens is 306 g/mol. The SMILES string of the molecule is CCOc1ccccc1NCc1nc2nc(C(C)C)cc(=O)n2[nH]1. The molecule has 0 atom stereocenters. The average molecular weight is 327 g/mol. The molecule has 7 nitrogen and oxygen atoms in total. The fourth-order valence-electron chi connectivity index (χ4n) is 2.39. The smallest absolute Gasteiger partial charge is 0.274 e. The molecule has 0 spiro atoms. The number of hydrogen-bond donors (Lipinski definition) is 2. The van der Waals surface area contributed by atoms with Gasteiger partial charge in [0, 0.05) is 6.07 Å². The van der Waals surface area contributed by atoms with Gasteiger partial charge in [0.1, 0.15) is 11.6 Å². The van der Waals surface area contributed by atoms with Crippen LogP contribution in [-0.2, 0) is 6.54 Å². The molecule has 0 bridgehead atoms. The molecule has 3 aromatic rings. The van der Waals surface area contributed by atoms with Crippen molar-refractivity contribution in [3.63, 3.8) is 0 Å². The zero-order valence-electron chi connectivity index (χ0n) is 14.0. The van der Waals surface area contributed by atoms with E-state index in [1.807, 2.05) is 45.0 Å². The van der Waals surface area contributed by atoms with Crippen molar-refractivity contribution in [1.29, 1.82) is 0 Å². The number of benzene rings is 1. The average Bonchev–Trinajstić information content (AvgIpc) is 2.98. The Kier molecular flexibility index (Phi) is 4.50. The molecule has 0 amide bonds. The maximum Gasteiger partial charge on any atom is 0.274 e. The van der Waals surface area contributed by atoms with Gasteiger partial charge < -0.3 is 10.1 Å². The summed E-state index contributed by atoms with van der Waals surface area (Å²) in [4.78, 5) is 21.0. The molecule has 0 fully saturated rings. The first kappa shape index (κ1) is 16.0. The highest BCUT2D eigenvalue weighted by Crippen LogP contribution is 2.23. The highest BCUT2D eigenvalue weighted by Gasteiger charge is 2.10. The van der Waals surface area contributed by atoms with E-state index < -0.39 is 0 Å². The Labute approximate surface area is 139 Å². The van der Waals surface area contributed by atoms with Crippen LogP contribution in [0.2, 0.25) is 0 Å². The third kappa shape index (κ3) is 3.24. The van der Waals surface area contributed by atoms with Crippen molar-refractivity contribution >= 4 is 11.5 Å². The van der Waals surface area contributed by atoms with Gasteiger partial charge in [-0.05, 0) is 25.0 Å². The minimum Gasteiger partial charge on any atom is -0.492 e. The van der Waals surface area contributed by atoms with Crippen LogP contribution in [-0.4, -0.2) is 26.2 Å². The molecule has 1 aromatic carbocycles. The van der Waals surface area contributed by atoms with E-state index in [-0.39, 0.29) is 11.5 Å². The van der Waals surface area contributed by atoms with Crippen LogP contribution >= 0.6 is 0 Å². The molecule has 2 N–H and O–H groups in total. The number of anilines is 1. The van der Waals surface area contributed by atoms with Crippen LogP contribution in [0, 0.1) is 0 Å². The van der Waals surface area contributed by atoms with Crippen molar-refractivity contribution in [3.8, 4) is 5.75 Å². The molecule has 0 aliphatic carbocycles. The van der Waals surface area contributed by atoms with Gasteiger partial charge in [-0.15, -0.1) is 0 Å². The Morgan fingerprint density at radius 1 is 1.29 bits per heavy atom. The summed E-state index contributed by atoms with van der Waals surface area (Å²) in [6.45, 7) is 6.97. The second kappa shape index (κ2) is 6.74. The topological polar surface area (TPSA) is 84.3 Å². The van der Waals surface area contributed by atoms with E-state index in [0.717, 1.165) is 17.1 Å². The van der Waals surface area contributed by atoms with Crippen LogP contribution < -0.4 is 15.6 Å². The summed E-state index contributed by atoms with van der Waals surface area (Å²) < 4.78 is 6.94. The molecule has 0 saturated heterocycles. The van der Waals surface area contributed by atoms with E-state index >= 15 is 0 Å². The number of para-hydroxylation sites is 2. The first-order valence-electron chi connectivity index (χ1n) is 8.02. The van der Waals surface area contributed by atoms with E-state index in [2.05, 4.69) is 20.4 Å². The third-order valence-electron chi connectivity index (χ3n) is 3.62. The first-order valence-corrected chi connectivity index (χ1v) is 8.02. The number of H-pyrrole nitrogens is 1. The summed E-state index contributed by atoms with van der Waals surface area (Å²) in [5.41, 5.74) is 1.47. The van der Waals surface area contributed by atoms with Crippen molar-refractivity contribution in [2.75, 3.05) is 11.9 Å². The van der Waals surface area contributed by atoms with Crippen molar-refractivity contribution in [1.82, 2.24) is 19.6 Å². The van der Waals surface area contributed by atoms with Gasteiger partial charge in [-0.2, -0.15) is 9.50 Å². The Bertz CT molecular complexity index is 897. The van der Waals surface area contributed by atoms with Gasteiger partial charge in [-0.3, -0.25) is 9.89 Å². The molecule has 7 heteroatoms. The number of rotatable bonds is 6. The van der Waals surface area contributed by atoms with Crippen molar-refractivity contribution in [3.05, 3.63) is 52.2 Å². The van der Waals surface area contributed by atoms with Gasteiger partial charge in [-0.25, -0.2) is 4.98 Å². The maximum atomic E-state index is 12.1. The quantitative estimate of drug-likeness (QED) is 0.727. The second-order valence-electron chi connectivity index (χ2n) is 5.76. The van der Waals surface area contributed by atoms with Gasteiger partial charge >= 0.3 is 0 Å². The lowest BCUT2D eigenvalue weighted by atomic mass is 10.1. The number of fused-ring (bicyclic) bond motifs is 1. The van der Waals surface area contributed by atoms with Gasteiger partial charge in [-0.1, -0.05) is 26.0 Å². The summed E-state index contributed by atoms with van der Waals surface area (Å²) in [5, 5.41) is 6.25. The molecule has 24 heavy (non-hydrogen) atoms.